The molecule has 0 unspecified atom stereocenters. The molecule has 0 bridgehead atoms. The van der Waals surface area contributed by atoms with Gasteiger partial charge in [-0.15, -0.1) is 0 Å². The fourth-order valence-corrected chi connectivity index (χ4v) is 3.30. The Morgan fingerprint density at radius 3 is 2.11 bits per heavy atom. The van der Waals surface area contributed by atoms with Gasteiger partial charge in [0, 0.05) is 37.4 Å². The highest BCUT2D eigenvalue weighted by Gasteiger charge is 2.25. The Balaban J connectivity index is 1.69. The minimum Gasteiger partial charge on any atom is -0.493 e. The van der Waals surface area contributed by atoms with Crippen molar-refractivity contribution in [3.8, 4) is 11.5 Å². The van der Waals surface area contributed by atoms with Crippen molar-refractivity contribution in [3.05, 3.63) is 53.6 Å². The van der Waals surface area contributed by atoms with Crippen LogP contribution in [0.4, 0.5) is 5.69 Å². The summed E-state index contributed by atoms with van der Waals surface area (Å²) < 4.78 is 10.7. The number of ether oxygens (including phenoxy) is 2. The van der Waals surface area contributed by atoms with Crippen molar-refractivity contribution in [1.82, 2.24) is 4.90 Å². The molecule has 1 heterocycles. The van der Waals surface area contributed by atoms with E-state index in [1.54, 1.807) is 32.2 Å². The van der Waals surface area contributed by atoms with Gasteiger partial charge in [0.2, 0.25) is 0 Å². The summed E-state index contributed by atoms with van der Waals surface area (Å²) in [6.07, 6.45) is 0. The second-order valence-electron chi connectivity index (χ2n) is 6.42. The molecule has 1 amide bonds. The Kier molecular flexibility index (Phi) is 5.64. The summed E-state index contributed by atoms with van der Waals surface area (Å²) in [5.74, 6) is 1.02. The first-order valence-corrected chi connectivity index (χ1v) is 8.91. The predicted octanol–water partition coefficient (Wildman–Crippen LogP) is 2.87. The van der Waals surface area contributed by atoms with Crippen molar-refractivity contribution < 1.29 is 19.1 Å². The highest BCUT2D eigenvalue weighted by molar-refractivity contribution is 5.98. The first kappa shape index (κ1) is 18.8. The number of methoxy groups -OCH3 is 2. The van der Waals surface area contributed by atoms with Crippen LogP contribution in [0.1, 0.15) is 27.6 Å². The Morgan fingerprint density at radius 1 is 0.889 bits per heavy atom. The number of piperazine rings is 1. The molecular formula is C21H24N2O4. The lowest BCUT2D eigenvalue weighted by Gasteiger charge is -2.36. The largest absolute Gasteiger partial charge is 0.493 e. The van der Waals surface area contributed by atoms with E-state index in [1.165, 1.54) is 7.11 Å². The maximum atomic E-state index is 12.9. The lowest BCUT2D eigenvalue weighted by molar-refractivity contribution is 0.0742. The van der Waals surface area contributed by atoms with Gasteiger partial charge in [0.05, 0.1) is 19.8 Å². The molecule has 3 rings (SSSR count). The van der Waals surface area contributed by atoms with E-state index < -0.39 is 0 Å². The van der Waals surface area contributed by atoms with E-state index >= 15 is 0 Å². The van der Waals surface area contributed by atoms with Crippen molar-refractivity contribution in [3.63, 3.8) is 0 Å². The first-order valence-electron chi connectivity index (χ1n) is 8.91. The van der Waals surface area contributed by atoms with Gasteiger partial charge in [-0.1, -0.05) is 6.07 Å². The Labute approximate surface area is 159 Å². The van der Waals surface area contributed by atoms with Crippen LogP contribution in [0.2, 0.25) is 0 Å². The van der Waals surface area contributed by atoms with E-state index in [0.29, 0.717) is 35.7 Å². The van der Waals surface area contributed by atoms with Crippen LogP contribution in [0.5, 0.6) is 11.5 Å². The molecule has 0 N–H and O–H groups in total. The van der Waals surface area contributed by atoms with Gasteiger partial charge < -0.3 is 19.3 Å². The third-order valence-corrected chi connectivity index (χ3v) is 4.84. The summed E-state index contributed by atoms with van der Waals surface area (Å²) in [5.41, 5.74) is 2.28. The molecule has 6 heteroatoms. The number of amides is 1. The first-order chi connectivity index (χ1) is 13.0. The highest BCUT2D eigenvalue weighted by atomic mass is 16.5. The topological polar surface area (TPSA) is 59.1 Å². The van der Waals surface area contributed by atoms with E-state index in [4.69, 9.17) is 9.47 Å². The third-order valence-electron chi connectivity index (χ3n) is 4.84. The Hall–Kier alpha value is -3.02. The standard InChI is InChI=1S/C21H24N2O4/c1-15(24)16-7-9-17(10-8-16)22-11-13-23(14-12-22)21(25)18-5-4-6-19(26-2)20(18)27-3/h4-10H,11-14H2,1-3H3. The van der Waals surface area contributed by atoms with Gasteiger partial charge in [0.1, 0.15) is 0 Å². The number of carbonyl (C=O) groups excluding carboxylic acids is 2. The molecule has 0 aliphatic carbocycles. The Morgan fingerprint density at radius 2 is 1.56 bits per heavy atom. The molecule has 1 saturated heterocycles. The van der Waals surface area contributed by atoms with Crippen LogP contribution in [0.25, 0.3) is 0 Å². The van der Waals surface area contributed by atoms with Crippen LogP contribution in [0, 0.1) is 0 Å². The molecule has 1 aliphatic heterocycles. The number of nitrogens with zero attached hydrogens (tertiary/aromatic N) is 2. The van der Waals surface area contributed by atoms with Crippen LogP contribution in [-0.4, -0.2) is 57.0 Å². The minimum absolute atomic E-state index is 0.0580. The second-order valence-corrected chi connectivity index (χ2v) is 6.42. The molecule has 0 aromatic heterocycles. The summed E-state index contributed by atoms with van der Waals surface area (Å²) in [7, 11) is 3.10. The number of hydrogen-bond acceptors (Lipinski definition) is 5. The summed E-state index contributed by atoms with van der Waals surface area (Å²) in [5, 5.41) is 0. The highest BCUT2D eigenvalue weighted by Crippen LogP contribution is 2.31. The van der Waals surface area contributed by atoms with E-state index in [1.807, 2.05) is 29.2 Å². The van der Waals surface area contributed by atoms with Crippen LogP contribution in [0.15, 0.2) is 42.5 Å². The van der Waals surface area contributed by atoms with Gasteiger partial charge in [-0.3, -0.25) is 9.59 Å². The predicted molar refractivity (Wildman–Crippen MR) is 104 cm³/mol. The molecule has 0 spiro atoms. The lowest BCUT2D eigenvalue weighted by Crippen LogP contribution is -2.48. The van der Waals surface area contributed by atoms with Gasteiger partial charge in [-0.05, 0) is 43.3 Å². The fourth-order valence-electron chi connectivity index (χ4n) is 3.30. The van der Waals surface area contributed by atoms with Gasteiger partial charge in [0.15, 0.2) is 17.3 Å². The van der Waals surface area contributed by atoms with Crippen LogP contribution in [-0.2, 0) is 0 Å². The smallest absolute Gasteiger partial charge is 0.257 e. The van der Waals surface area contributed by atoms with Gasteiger partial charge >= 0.3 is 0 Å². The average Bonchev–Trinajstić information content (AvgIpc) is 2.72. The molecule has 0 radical (unpaired) electrons. The molecule has 1 aliphatic rings. The molecule has 2 aromatic carbocycles. The summed E-state index contributed by atoms with van der Waals surface area (Å²) in [6, 6.07) is 12.9. The fraction of sp³-hybridized carbons (Fsp3) is 0.333. The molecule has 1 fully saturated rings. The molecule has 142 valence electrons. The number of hydrogen-bond donors (Lipinski definition) is 0. The Bertz CT molecular complexity index is 825. The number of benzene rings is 2. The molecule has 0 saturated carbocycles. The van der Waals surface area contributed by atoms with Gasteiger partial charge in [-0.2, -0.15) is 0 Å². The van der Waals surface area contributed by atoms with Gasteiger partial charge in [0.25, 0.3) is 5.91 Å². The van der Waals surface area contributed by atoms with Crippen molar-refractivity contribution in [2.24, 2.45) is 0 Å². The SMILES string of the molecule is COc1cccc(C(=O)N2CCN(c3ccc(C(C)=O)cc3)CC2)c1OC. The third kappa shape index (κ3) is 3.89. The zero-order valence-electron chi connectivity index (χ0n) is 15.9. The zero-order chi connectivity index (χ0) is 19.4. The lowest BCUT2D eigenvalue weighted by atomic mass is 10.1. The maximum Gasteiger partial charge on any atom is 0.257 e. The number of carbonyl (C=O) groups is 2. The number of rotatable bonds is 5. The van der Waals surface area contributed by atoms with E-state index in [2.05, 4.69) is 4.90 Å². The summed E-state index contributed by atoms with van der Waals surface area (Å²) in [4.78, 5) is 28.4. The van der Waals surface area contributed by atoms with Gasteiger partial charge in [-0.25, -0.2) is 0 Å². The molecule has 27 heavy (non-hydrogen) atoms. The second kappa shape index (κ2) is 8.12. The number of para-hydroxylation sites is 1. The number of anilines is 1. The number of Topliss-reactive ketones (excluding diaryl/α,β-unsaturated/α-hetero) is 1. The maximum absolute atomic E-state index is 12.9. The number of ketones is 1. The zero-order valence-corrected chi connectivity index (χ0v) is 15.9. The molecule has 6 nitrogen and oxygen atoms in total. The van der Waals surface area contributed by atoms with Crippen LogP contribution in [0.3, 0.4) is 0 Å². The summed E-state index contributed by atoms with van der Waals surface area (Å²) >= 11 is 0. The van der Waals surface area contributed by atoms with E-state index in [0.717, 1.165) is 18.8 Å². The van der Waals surface area contributed by atoms with Crippen molar-refractivity contribution in [2.45, 2.75) is 6.92 Å². The molecular weight excluding hydrogens is 344 g/mol. The monoisotopic (exact) mass is 368 g/mol. The summed E-state index contributed by atoms with van der Waals surface area (Å²) in [6.45, 7) is 4.27. The van der Waals surface area contributed by atoms with Crippen molar-refractivity contribution in [2.75, 3.05) is 45.3 Å². The van der Waals surface area contributed by atoms with Crippen LogP contribution < -0.4 is 14.4 Å². The average molecular weight is 368 g/mol. The van der Waals surface area contributed by atoms with E-state index in [9.17, 15) is 9.59 Å². The van der Waals surface area contributed by atoms with Crippen molar-refractivity contribution in [1.29, 1.82) is 0 Å². The molecule has 0 atom stereocenters. The minimum atomic E-state index is -0.0580. The molecule has 2 aromatic rings. The normalized spacial score (nSPS) is 14.0. The quantitative estimate of drug-likeness (QED) is 0.760. The van der Waals surface area contributed by atoms with Crippen molar-refractivity contribution >= 4 is 17.4 Å². The van der Waals surface area contributed by atoms with Crippen LogP contribution >= 0.6 is 0 Å². The van der Waals surface area contributed by atoms with E-state index in [-0.39, 0.29) is 11.7 Å².